The minimum atomic E-state index is 0.408. The summed E-state index contributed by atoms with van der Waals surface area (Å²) in [4.78, 5) is 2.44. The van der Waals surface area contributed by atoms with Crippen LogP contribution in [0.4, 0.5) is 0 Å². The van der Waals surface area contributed by atoms with Gasteiger partial charge in [0.1, 0.15) is 0 Å². The maximum absolute atomic E-state index is 5.97. The highest BCUT2D eigenvalue weighted by molar-refractivity contribution is 6.30. The predicted octanol–water partition coefficient (Wildman–Crippen LogP) is 4.64. The Morgan fingerprint density at radius 1 is 1.14 bits per heavy atom. The van der Waals surface area contributed by atoms with Crippen LogP contribution in [0.3, 0.4) is 0 Å². The van der Waals surface area contributed by atoms with Gasteiger partial charge < -0.3 is 5.32 Å². The van der Waals surface area contributed by atoms with Crippen LogP contribution in [-0.4, -0.2) is 30.6 Å². The SMILES string of the molecule is CC(CNC1CCCCC1)N(C)C(C)c1ccc(Cl)cc1. The van der Waals surface area contributed by atoms with Gasteiger partial charge in [0.15, 0.2) is 0 Å². The summed E-state index contributed by atoms with van der Waals surface area (Å²) in [5.41, 5.74) is 1.33. The molecular formula is C18H29ClN2. The van der Waals surface area contributed by atoms with Gasteiger partial charge in [-0.05, 0) is 51.4 Å². The van der Waals surface area contributed by atoms with Gasteiger partial charge in [0.25, 0.3) is 0 Å². The van der Waals surface area contributed by atoms with Crippen molar-refractivity contribution in [2.75, 3.05) is 13.6 Å². The van der Waals surface area contributed by atoms with E-state index in [9.17, 15) is 0 Å². The molecular weight excluding hydrogens is 280 g/mol. The van der Waals surface area contributed by atoms with E-state index in [0.29, 0.717) is 12.1 Å². The van der Waals surface area contributed by atoms with E-state index >= 15 is 0 Å². The summed E-state index contributed by atoms with van der Waals surface area (Å²) < 4.78 is 0. The van der Waals surface area contributed by atoms with E-state index in [4.69, 9.17) is 11.6 Å². The van der Waals surface area contributed by atoms with E-state index in [1.54, 1.807) is 0 Å². The monoisotopic (exact) mass is 308 g/mol. The zero-order chi connectivity index (χ0) is 15.2. The maximum Gasteiger partial charge on any atom is 0.0406 e. The van der Waals surface area contributed by atoms with Gasteiger partial charge in [-0.1, -0.05) is 43.0 Å². The van der Waals surface area contributed by atoms with Gasteiger partial charge in [0.05, 0.1) is 0 Å². The summed E-state index contributed by atoms with van der Waals surface area (Å²) >= 11 is 5.97. The molecule has 0 aliphatic heterocycles. The second-order valence-corrected chi connectivity index (χ2v) is 6.92. The summed E-state index contributed by atoms with van der Waals surface area (Å²) in [7, 11) is 2.21. The minimum absolute atomic E-state index is 0.408. The molecule has 1 aliphatic carbocycles. The number of hydrogen-bond donors (Lipinski definition) is 1. The molecule has 1 aromatic rings. The lowest BCUT2D eigenvalue weighted by atomic mass is 9.95. The zero-order valence-corrected chi connectivity index (χ0v) is 14.4. The van der Waals surface area contributed by atoms with Crippen LogP contribution >= 0.6 is 11.6 Å². The molecule has 0 saturated heterocycles. The molecule has 2 unspecified atom stereocenters. The third kappa shape index (κ3) is 4.98. The Morgan fingerprint density at radius 3 is 2.38 bits per heavy atom. The van der Waals surface area contributed by atoms with Crippen LogP contribution < -0.4 is 5.32 Å². The fourth-order valence-electron chi connectivity index (χ4n) is 3.15. The van der Waals surface area contributed by atoms with Crippen molar-refractivity contribution in [3.8, 4) is 0 Å². The second kappa shape index (κ2) is 8.17. The molecule has 0 heterocycles. The third-order valence-electron chi connectivity index (χ3n) is 4.97. The van der Waals surface area contributed by atoms with Gasteiger partial charge in [-0.15, -0.1) is 0 Å². The molecule has 1 N–H and O–H groups in total. The highest BCUT2D eigenvalue weighted by Gasteiger charge is 2.19. The molecule has 2 atom stereocenters. The van der Waals surface area contributed by atoms with E-state index in [2.05, 4.69) is 43.2 Å². The average Bonchev–Trinajstić information content (AvgIpc) is 2.53. The van der Waals surface area contributed by atoms with Crippen molar-refractivity contribution in [3.63, 3.8) is 0 Å². The molecule has 2 nitrogen and oxygen atoms in total. The summed E-state index contributed by atoms with van der Waals surface area (Å²) in [5.74, 6) is 0. The van der Waals surface area contributed by atoms with Crippen LogP contribution in [0.1, 0.15) is 57.6 Å². The van der Waals surface area contributed by atoms with E-state index in [-0.39, 0.29) is 0 Å². The van der Waals surface area contributed by atoms with Crippen LogP contribution in [0.25, 0.3) is 0 Å². The molecule has 1 aliphatic rings. The van der Waals surface area contributed by atoms with Gasteiger partial charge in [-0.3, -0.25) is 4.90 Å². The molecule has 0 radical (unpaired) electrons. The Hall–Kier alpha value is -0.570. The molecule has 0 bridgehead atoms. The summed E-state index contributed by atoms with van der Waals surface area (Å²) in [6, 6.07) is 9.89. The number of halogens is 1. The summed E-state index contributed by atoms with van der Waals surface area (Å²) in [6.45, 7) is 5.64. The molecule has 1 fully saturated rings. The largest absolute Gasteiger partial charge is 0.312 e. The second-order valence-electron chi connectivity index (χ2n) is 6.49. The van der Waals surface area contributed by atoms with Crippen molar-refractivity contribution in [2.45, 2.75) is 64.1 Å². The highest BCUT2D eigenvalue weighted by Crippen LogP contribution is 2.23. The minimum Gasteiger partial charge on any atom is -0.312 e. The van der Waals surface area contributed by atoms with Crippen LogP contribution in [0.5, 0.6) is 0 Å². The lowest BCUT2D eigenvalue weighted by molar-refractivity contribution is 0.186. The molecule has 1 aromatic carbocycles. The smallest absolute Gasteiger partial charge is 0.0406 e. The fraction of sp³-hybridized carbons (Fsp3) is 0.667. The number of hydrogen-bond acceptors (Lipinski definition) is 2. The Bertz CT molecular complexity index is 412. The van der Waals surface area contributed by atoms with Gasteiger partial charge in [0.2, 0.25) is 0 Å². The van der Waals surface area contributed by atoms with Crippen LogP contribution in [0, 0.1) is 0 Å². The summed E-state index contributed by atoms with van der Waals surface area (Å²) in [6.07, 6.45) is 6.90. The number of likely N-dealkylation sites (N-methyl/N-ethyl adjacent to an activating group) is 1. The van der Waals surface area contributed by atoms with Gasteiger partial charge >= 0.3 is 0 Å². The van der Waals surface area contributed by atoms with Crippen molar-refractivity contribution < 1.29 is 0 Å². The van der Waals surface area contributed by atoms with Crippen molar-refractivity contribution in [1.29, 1.82) is 0 Å². The van der Waals surface area contributed by atoms with E-state index in [1.165, 1.54) is 37.7 Å². The number of benzene rings is 1. The Kier molecular flexibility index (Phi) is 6.53. The lowest BCUT2D eigenvalue weighted by Gasteiger charge is -2.33. The standard InChI is InChI=1S/C18H29ClN2/c1-14(13-20-18-7-5-4-6-8-18)21(3)15(2)16-9-11-17(19)12-10-16/h9-12,14-15,18,20H,4-8,13H2,1-3H3. The van der Waals surface area contributed by atoms with Gasteiger partial charge in [-0.25, -0.2) is 0 Å². The topological polar surface area (TPSA) is 15.3 Å². The van der Waals surface area contributed by atoms with Crippen LogP contribution in [0.15, 0.2) is 24.3 Å². The lowest BCUT2D eigenvalue weighted by Crippen LogP contribution is -2.43. The maximum atomic E-state index is 5.97. The molecule has 0 amide bonds. The van der Waals surface area contributed by atoms with Crippen molar-refractivity contribution in [2.24, 2.45) is 0 Å². The first-order chi connectivity index (χ1) is 10.1. The fourth-order valence-corrected chi connectivity index (χ4v) is 3.27. The Labute approximate surface area is 134 Å². The molecule has 3 heteroatoms. The van der Waals surface area contributed by atoms with E-state index in [1.807, 2.05) is 12.1 Å². The van der Waals surface area contributed by atoms with Gasteiger partial charge in [-0.2, -0.15) is 0 Å². The molecule has 0 aromatic heterocycles. The Balaban J connectivity index is 1.82. The highest BCUT2D eigenvalue weighted by atomic mass is 35.5. The number of nitrogens with one attached hydrogen (secondary N) is 1. The predicted molar refractivity (Wildman–Crippen MR) is 92.0 cm³/mol. The first-order valence-electron chi connectivity index (χ1n) is 8.28. The number of nitrogens with zero attached hydrogens (tertiary/aromatic N) is 1. The Morgan fingerprint density at radius 2 is 1.76 bits per heavy atom. The molecule has 1 saturated carbocycles. The first-order valence-corrected chi connectivity index (χ1v) is 8.66. The molecule has 118 valence electrons. The van der Waals surface area contributed by atoms with Crippen LogP contribution in [0.2, 0.25) is 5.02 Å². The van der Waals surface area contributed by atoms with Gasteiger partial charge in [0, 0.05) is 29.7 Å². The molecule has 21 heavy (non-hydrogen) atoms. The van der Waals surface area contributed by atoms with E-state index < -0.39 is 0 Å². The van der Waals surface area contributed by atoms with Crippen LogP contribution in [-0.2, 0) is 0 Å². The van der Waals surface area contributed by atoms with Crippen molar-refractivity contribution in [1.82, 2.24) is 10.2 Å². The molecule has 0 spiro atoms. The summed E-state index contributed by atoms with van der Waals surface area (Å²) in [5, 5.41) is 4.56. The average molecular weight is 309 g/mol. The molecule has 2 rings (SSSR count). The first kappa shape index (κ1) is 16.8. The van der Waals surface area contributed by atoms with Crippen molar-refractivity contribution in [3.05, 3.63) is 34.9 Å². The normalized spacial score (nSPS) is 19.7. The van der Waals surface area contributed by atoms with Crippen molar-refractivity contribution >= 4 is 11.6 Å². The quantitative estimate of drug-likeness (QED) is 0.823. The number of rotatable bonds is 6. The van der Waals surface area contributed by atoms with E-state index in [0.717, 1.165) is 17.6 Å². The third-order valence-corrected chi connectivity index (χ3v) is 5.22. The zero-order valence-electron chi connectivity index (χ0n) is 13.6.